The van der Waals surface area contributed by atoms with Gasteiger partial charge in [-0.3, -0.25) is 0 Å². The molecule has 1 aromatic rings. The van der Waals surface area contributed by atoms with E-state index < -0.39 is 11.7 Å². The van der Waals surface area contributed by atoms with Gasteiger partial charge in [0.25, 0.3) is 0 Å². The Morgan fingerprint density at radius 1 is 1.64 bits per heavy atom. The third-order valence-electron chi connectivity index (χ3n) is 0.860. The molecule has 0 saturated carbocycles. The van der Waals surface area contributed by atoms with Crippen LogP contribution < -0.4 is 0 Å². The topological polar surface area (TPSA) is 124 Å². The van der Waals surface area contributed by atoms with Crippen LogP contribution in [0.1, 0.15) is 5.82 Å². The fourth-order valence-electron chi connectivity index (χ4n) is 0.445. The standard InChI is InChI=1S/C3H3N5O3/c9-3(10)1(6-11)2-4-7-8-5-2/h11H,(H,9,10)(H,4,5,7,8). The van der Waals surface area contributed by atoms with Gasteiger partial charge in [0.1, 0.15) is 0 Å². The van der Waals surface area contributed by atoms with E-state index in [0.717, 1.165) is 0 Å². The highest BCUT2D eigenvalue weighted by Crippen LogP contribution is 1.88. The minimum atomic E-state index is -1.42. The second kappa shape index (κ2) is 2.73. The molecule has 0 fully saturated rings. The first-order chi connectivity index (χ1) is 5.25. The SMILES string of the molecule is O=C(O)C(=NO)c1nn[nH]n1. The first-order valence-corrected chi connectivity index (χ1v) is 2.45. The van der Waals surface area contributed by atoms with Crippen molar-refractivity contribution in [3.63, 3.8) is 0 Å². The van der Waals surface area contributed by atoms with Crippen LogP contribution in [0.2, 0.25) is 0 Å². The number of carbonyl (C=O) groups is 1. The van der Waals surface area contributed by atoms with Gasteiger partial charge in [-0.15, -0.1) is 10.2 Å². The molecule has 11 heavy (non-hydrogen) atoms. The Hall–Kier alpha value is -1.99. The summed E-state index contributed by atoms with van der Waals surface area (Å²) >= 11 is 0. The number of carboxylic acids is 1. The molecule has 0 atom stereocenters. The van der Waals surface area contributed by atoms with Gasteiger partial charge in [-0.2, -0.15) is 5.21 Å². The minimum absolute atomic E-state index is 0.264. The average Bonchev–Trinajstić information content (AvgIpc) is 2.40. The Balaban J connectivity index is 2.99. The van der Waals surface area contributed by atoms with E-state index >= 15 is 0 Å². The molecular weight excluding hydrogens is 154 g/mol. The number of aromatic amines is 1. The van der Waals surface area contributed by atoms with Crippen molar-refractivity contribution in [1.82, 2.24) is 20.6 Å². The molecule has 0 bridgehead atoms. The molecule has 0 amide bonds. The third kappa shape index (κ3) is 1.28. The summed E-state index contributed by atoms with van der Waals surface area (Å²) in [6.07, 6.45) is 0. The van der Waals surface area contributed by atoms with Gasteiger partial charge in [-0.1, -0.05) is 5.16 Å². The number of nitrogens with one attached hydrogen (secondary N) is 1. The number of nitrogens with zero attached hydrogens (tertiary/aromatic N) is 4. The molecule has 58 valence electrons. The van der Waals surface area contributed by atoms with Crippen molar-refractivity contribution in [2.75, 3.05) is 0 Å². The second-order valence-corrected chi connectivity index (χ2v) is 1.49. The lowest BCUT2D eigenvalue weighted by Gasteiger charge is -1.87. The lowest BCUT2D eigenvalue weighted by atomic mass is 10.4. The predicted octanol–water partition coefficient (Wildman–Crippen LogP) is -1.54. The smallest absolute Gasteiger partial charge is 0.362 e. The maximum absolute atomic E-state index is 10.2. The Morgan fingerprint density at radius 2 is 2.36 bits per heavy atom. The molecule has 1 heterocycles. The second-order valence-electron chi connectivity index (χ2n) is 1.49. The number of oxime groups is 1. The van der Waals surface area contributed by atoms with E-state index in [1.807, 2.05) is 5.21 Å². The number of carboxylic acid groups (broad SMARTS) is 1. The Bertz CT molecular complexity index is 277. The summed E-state index contributed by atoms with van der Waals surface area (Å²) in [6, 6.07) is 0. The summed E-state index contributed by atoms with van der Waals surface area (Å²) in [4.78, 5) is 10.2. The van der Waals surface area contributed by atoms with Crippen LogP contribution in [-0.4, -0.2) is 42.6 Å². The first kappa shape index (κ1) is 7.12. The monoisotopic (exact) mass is 157 g/mol. The van der Waals surface area contributed by atoms with Gasteiger partial charge in [-0.05, 0) is 5.21 Å². The number of aliphatic carboxylic acids is 1. The van der Waals surface area contributed by atoms with Crippen molar-refractivity contribution in [2.45, 2.75) is 0 Å². The van der Waals surface area contributed by atoms with Crippen molar-refractivity contribution in [2.24, 2.45) is 5.16 Å². The summed E-state index contributed by atoms with van der Waals surface area (Å²) in [7, 11) is 0. The number of hydrogen-bond acceptors (Lipinski definition) is 6. The quantitative estimate of drug-likeness (QED) is 0.271. The number of aromatic nitrogens is 4. The van der Waals surface area contributed by atoms with Gasteiger partial charge in [0, 0.05) is 0 Å². The van der Waals surface area contributed by atoms with E-state index in [2.05, 4.69) is 20.6 Å². The summed E-state index contributed by atoms with van der Waals surface area (Å²) < 4.78 is 0. The molecule has 1 rings (SSSR count). The van der Waals surface area contributed by atoms with Crippen molar-refractivity contribution in [3.8, 4) is 0 Å². The molecule has 0 aromatic carbocycles. The molecule has 0 aliphatic heterocycles. The molecule has 8 heteroatoms. The highest BCUT2D eigenvalue weighted by atomic mass is 16.4. The minimum Gasteiger partial charge on any atom is -0.476 e. The molecule has 8 nitrogen and oxygen atoms in total. The largest absolute Gasteiger partial charge is 0.476 e. The van der Waals surface area contributed by atoms with Crippen LogP contribution in [0.4, 0.5) is 0 Å². The zero-order chi connectivity index (χ0) is 8.27. The maximum atomic E-state index is 10.2. The average molecular weight is 157 g/mol. The van der Waals surface area contributed by atoms with Crippen LogP contribution in [0.15, 0.2) is 5.16 Å². The van der Waals surface area contributed by atoms with E-state index in [1.54, 1.807) is 0 Å². The van der Waals surface area contributed by atoms with Gasteiger partial charge in [0.2, 0.25) is 11.5 Å². The van der Waals surface area contributed by atoms with Gasteiger partial charge in [0.15, 0.2) is 0 Å². The van der Waals surface area contributed by atoms with E-state index in [4.69, 9.17) is 10.3 Å². The summed E-state index contributed by atoms with van der Waals surface area (Å²) in [5.74, 6) is -1.69. The van der Waals surface area contributed by atoms with Crippen LogP contribution in [0.25, 0.3) is 0 Å². The first-order valence-electron chi connectivity index (χ1n) is 2.45. The lowest BCUT2D eigenvalue weighted by Crippen LogP contribution is -2.16. The molecule has 0 unspecified atom stereocenters. The van der Waals surface area contributed by atoms with Gasteiger partial charge >= 0.3 is 5.97 Å². The molecule has 0 aliphatic rings. The Morgan fingerprint density at radius 3 is 2.73 bits per heavy atom. The Labute approximate surface area is 59.5 Å². The van der Waals surface area contributed by atoms with Crippen molar-refractivity contribution in [3.05, 3.63) is 5.82 Å². The third-order valence-corrected chi connectivity index (χ3v) is 0.860. The van der Waals surface area contributed by atoms with Crippen LogP contribution in [-0.2, 0) is 4.79 Å². The molecule has 3 N–H and O–H groups in total. The molecule has 0 aliphatic carbocycles. The van der Waals surface area contributed by atoms with E-state index in [9.17, 15) is 4.79 Å². The van der Waals surface area contributed by atoms with E-state index in [1.165, 1.54) is 0 Å². The number of tetrazole rings is 1. The van der Waals surface area contributed by atoms with Crippen LogP contribution in [0, 0.1) is 0 Å². The predicted molar refractivity (Wildman–Crippen MR) is 30.1 cm³/mol. The lowest BCUT2D eigenvalue weighted by molar-refractivity contribution is -0.129. The van der Waals surface area contributed by atoms with Crippen LogP contribution >= 0.6 is 0 Å². The highest BCUT2D eigenvalue weighted by Gasteiger charge is 2.17. The fourth-order valence-corrected chi connectivity index (χ4v) is 0.445. The normalized spacial score (nSPS) is 11.5. The molecule has 0 spiro atoms. The molecule has 0 radical (unpaired) electrons. The van der Waals surface area contributed by atoms with Gasteiger partial charge in [0.05, 0.1) is 0 Å². The van der Waals surface area contributed by atoms with Gasteiger partial charge < -0.3 is 10.3 Å². The number of rotatable bonds is 2. The Kier molecular flexibility index (Phi) is 1.77. The van der Waals surface area contributed by atoms with Crippen molar-refractivity contribution < 1.29 is 15.1 Å². The zero-order valence-electron chi connectivity index (χ0n) is 5.09. The maximum Gasteiger partial charge on any atom is 0.362 e. The summed E-state index contributed by atoms with van der Waals surface area (Å²) in [5, 5.41) is 30.6. The van der Waals surface area contributed by atoms with Crippen LogP contribution in [0.5, 0.6) is 0 Å². The molecule has 0 saturated heterocycles. The van der Waals surface area contributed by atoms with E-state index in [0.29, 0.717) is 0 Å². The molecule has 1 aromatic heterocycles. The molecular formula is C3H3N5O3. The summed E-state index contributed by atoms with van der Waals surface area (Å²) in [5.41, 5.74) is -0.654. The fraction of sp³-hybridized carbons (Fsp3) is 0. The van der Waals surface area contributed by atoms with Crippen molar-refractivity contribution in [1.29, 1.82) is 0 Å². The van der Waals surface area contributed by atoms with E-state index in [-0.39, 0.29) is 5.82 Å². The van der Waals surface area contributed by atoms with Crippen LogP contribution in [0.3, 0.4) is 0 Å². The van der Waals surface area contributed by atoms with Gasteiger partial charge in [-0.25, -0.2) is 4.79 Å². The van der Waals surface area contributed by atoms with Crippen molar-refractivity contribution >= 4 is 11.7 Å². The highest BCUT2D eigenvalue weighted by molar-refractivity contribution is 6.41. The number of hydrogen-bond donors (Lipinski definition) is 3. The number of H-pyrrole nitrogens is 1. The zero-order valence-corrected chi connectivity index (χ0v) is 5.09. The summed E-state index contributed by atoms with van der Waals surface area (Å²) in [6.45, 7) is 0.